The van der Waals surface area contributed by atoms with Gasteiger partial charge >= 0.3 is 0 Å². The van der Waals surface area contributed by atoms with Crippen LogP contribution < -0.4 is 10.1 Å². The molecule has 0 amide bonds. The van der Waals surface area contributed by atoms with Crippen molar-refractivity contribution in [1.82, 2.24) is 10.2 Å². The molecular formula is C16H23N3OS. The van der Waals surface area contributed by atoms with E-state index in [1.807, 2.05) is 12.1 Å². The number of benzene rings is 1. The Kier molecular flexibility index (Phi) is 5.99. The zero-order valence-electron chi connectivity index (χ0n) is 12.9. The SMILES string of the molecule is CCCNc1nnc(COc2ccccc2C(C)CC)s1. The summed E-state index contributed by atoms with van der Waals surface area (Å²) in [4.78, 5) is 0. The Bertz CT molecular complexity index is 556. The Morgan fingerprint density at radius 2 is 2.05 bits per heavy atom. The number of ether oxygens (including phenoxy) is 1. The van der Waals surface area contributed by atoms with Crippen molar-refractivity contribution in [2.24, 2.45) is 0 Å². The van der Waals surface area contributed by atoms with E-state index in [1.165, 1.54) is 5.56 Å². The molecule has 0 aliphatic carbocycles. The van der Waals surface area contributed by atoms with Crippen LogP contribution in [0.15, 0.2) is 24.3 Å². The van der Waals surface area contributed by atoms with Crippen LogP contribution in [-0.2, 0) is 6.61 Å². The van der Waals surface area contributed by atoms with Crippen molar-refractivity contribution < 1.29 is 4.74 Å². The van der Waals surface area contributed by atoms with Crippen molar-refractivity contribution in [3.63, 3.8) is 0 Å². The number of rotatable bonds is 8. The van der Waals surface area contributed by atoms with E-state index < -0.39 is 0 Å². The first kappa shape index (κ1) is 15.8. The zero-order chi connectivity index (χ0) is 15.1. The van der Waals surface area contributed by atoms with Crippen LogP contribution in [0.4, 0.5) is 5.13 Å². The molecule has 0 fully saturated rings. The second kappa shape index (κ2) is 7.98. The van der Waals surface area contributed by atoms with Crippen molar-refractivity contribution in [2.45, 2.75) is 46.1 Å². The number of hydrogen-bond acceptors (Lipinski definition) is 5. The van der Waals surface area contributed by atoms with Crippen LogP contribution in [0.5, 0.6) is 5.75 Å². The third kappa shape index (κ3) is 4.43. The summed E-state index contributed by atoms with van der Waals surface area (Å²) in [7, 11) is 0. The van der Waals surface area contributed by atoms with Crippen molar-refractivity contribution in [3.05, 3.63) is 34.8 Å². The van der Waals surface area contributed by atoms with Crippen LogP contribution in [0, 0.1) is 0 Å². The predicted molar refractivity (Wildman–Crippen MR) is 88.2 cm³/mol. The van der Waals surface area contributed by atoms with E-state index in [1.54, 1.807) is 11.3 Å². The van der Waals surface area contributed by atoms with Gasteiger partial charge in [0.2, 0.25) is 5.13 Å². The predicted octanol–water partition coefficient (Wildman–Crippen LogP) is 4.45. The van der Waals surface area contributed by atoms with E-state index in [9.17, 15) is 0 Å². The van der Waals surface area contributed by atoms with E-state index in [0.29, 0.717) is 12.5 Å². The Morgan fingerprint density at radius 3 is 2.81 bits per heavy atom. The lowest BCUT2D eigenvalue weighted by Gasteiger charge is -2.14. The molecule has 114 valence electrons. The van der Waals surface area contributed by atoms with E-state index in [4.69, 9.17) is 4.74 Å². The Labute approximate surface area is 130 Å². The largest absolute Gasteiger partial charge is 0.486 e. The second-order valence-corrected chi connectivity index (χ2v) is 6.13. The summed E-state index contributed by atoms with van der Waals surface area (Å²) < 4.78 is 5.94. The minimum Gasteiger partial charge on any atom is -0.486 e. The van der Waals surface area contributed by atoms with Crippen LogP contribution in [0.2, 0.25) is 0 Å². The lowest BCUT2D eigenvalue weighted by Crippen LogP contribution is -2.00. The first-order valence-electron chi connectivity index (χ1n) is 7.52. The van der Waals surface area contributed by atoms with Crippen LogP contribution in [0.3, 0.4) is 0 Å². The number of nitrogens with zero attached hydrogens (tertiary/aromatic N) is 2. The number of nitrogens with one attached hydrogen (secondary N) is 1. The highest BCUT2D eigenvalue weighted by Crippen LogP contribution is 2.29. The molecule has 0 saturated heterocycles. The quantitative estimate of drug-likeness (QED) is 0.782. The smallest absolute Gasteiger partial charge is 0.205 e. The van der Waals surface area contributed by atoms with Gasteiger partial charge in [0.15, 0.2) is 5.01 Å². The molecule has 1 aromatic heterocycles. The van der Waals surface area contributed by atoms with Crippen molar-refractivity contribution in [3.8, 4) is 5.75 Å². The molecule has 1 heterocycles. The highest BCUT2D eigenvalue weighted by Gasteiger charge is 2.11. The molecule has 4 nitrogen and oxygen atoms in total. The minimum absolute atomic E-state index is 0.471. The van der Waals surface area contributed by atoms with Gasteiger partial charge in [0.1, 0.15) is 12.4 Å². The summed E-state index contributed by atoms with van der Waals surface area (Å²) in [6.45, 7) is 7.94. The molecule has 1 N–H and O–H groups in total. The summed E-state index contributed by atoms with van der Waals surface area (Å²) in [6, 6.07) is 8.23. The fourth-order valence-electron chi connectivity index (χ4n) is 1.99. The molecule has 0 aliphatic rings. The number of para-hydroxylation sites is 1. The van der Waals surface area contributed by atoms with Crippen LogP contribution in [-0.4, -0.2) is 16.7 Å². The average Bonchev–Trinajstić information content (AvgIpc) is 2.98. The van der Waals surface area contributed by atoms with Gasteiger partial charge in [0.05, 0.1) is 0 Å². The van der Waals surface area contributed by atoms with Gasteiger partial charge in [-0.2, -0.15) is 0 Å². The summed E-state index contributed by atoms with van der Waals surface area (Å²) in [6.07, 6.45) is 2.18. The number of anilines is 1. The second-order valence-electron chi connectivity index (χ2n) is 5.06. The molecule has 1 atom stereocenters. The maximum Gasteiger partial charge on any atom is 0.205 e. The third-order valence-corrected chi connectivity index (χ3v) is 4.26. The molecule has 0 saturated carbocycles. The standard InChI is InChI=1S/C16H23N3OS/c1-4-10-17-16-19-18-15(21-16)11-20-14-9-7-6-8-13(14)12(3)5-2/h6-9,12H,4-5,10-11H2,1-3H3,(H,17,19). The fourth-order valence-corrected chi connectivity index (χ4v) is 2.67. The van der Waals surface area contributed by atoms with E-state index in [0.717, 1.165) is 35.3 Å². The van der Waals surface area contributed by atoms with Crippen LogP contribution >= 0.6 is 11.3 Å². The van der Waals surface area contributed by atoms with Gasteiger partial charge in [-0.3, -0.25) is 0 Å². The maximum absolute atomic E-state index is 5.94. The third-order valence-electron chi connectivity index (χ3n) is 3.41. The van der Waals surface area contributed by atoms with Crippen LogP contribution in [0.1, 0.15) is 50.1 Å². The van der Waals surface area contributed by atoms with Gasteiger partial charge < -0.3 is 10.1 Å². The lowest BCUT2D eigenvalue weighted by molar-refractivity contribution is 0.299. The number of hydrogen-bond donors (Lipinski definition) is 1. The molecular weight excluding hydrogens is 282 g/mol. The van der Waals surface area contributed by atoms with Crippen molar-refractivity contribution >= 4 is 16.5 Å². The van der Waals surface area contributed by atoms with Gasteiger partial charge in [-0.15, -0.1) is 10.2 Å². The Balaban J connectivity index is 1.98. The summed E-state index contributed by atoms with van der Waals surface area (Å²) in [5.41, 5.74) is 1.26. The molecule has 2 aromatic rings. The number of aromatic nitrogens is 2. The first-order chi connectivity index (χ1) is 10.2. The topological polar surface area (TPSA) is 47.0 Å². The highest BCUT2D eigenvalue weighted by molar-refractivity contribution is 7.15. The molecule has 2 rings (SSSR count). The van der Waals surface area contributed by atoms with Gasteiger partial charge in [0, 0.05) is 6.54 Å². The van der Waals surface area contributed by atoms with Gasteiger partial charge in [-0.05, 0) is 30.4 Å². The lowest BCUT2D eigenvalue weighted by atomic mass is 9.98. The summed E-state index contributed by atoms with van der Waals surface area (Å²) >= 11 is 1.55. The monoisotopic (exact) mass is 305 g/mol. The Hall–Kier alpha value is -1.62. The van der Waals surface area contributed by atoms with Crippen molar-refractivity contribution in [2.75, 3.05) is 11.9 Å². The fraction of sp³-hybridized carbons (Fsp3) is 0.500. The first-order valence-corrected chi connectivity index (χ1v) is 8.34. The van der Waals surface area contributed by atoms with Gasteiger partial charge in [-0.25, -0.2) is 0 Å². The maximum atomic E-state index is 5.94. The van der Waals surface area contributed by atoms with Crippen molar-refractivity contribution in [1.29, 1.82) is 0 Å². The molecule has 0 radical (unpaired) electrons. The molecule has 0 spiro atoms. The molecule has 0 aliphatic heterocycles. The molecule has 0 bridgehead atoms. The van der Waals surface area contributed by atoms with E-state index in [-0.39, 0.29) is 0 Å². The summed E-state index contributed by atoms with van der Waals surface area (Å²) in [5.74, 6) is 1.45. The van der Waals surface area contributed by atoms with Gasteiger partial charge in [0.25, 0.3) is 0 Å². The molecule has 21 heavy (non-hydrogen) atoms. The zero-order valence-corrected chi connectivity index (χ0v) is 13.7. The van der Waals surface area contributed by atoms with Crippen LogP contribution in [0.25, 0.3) is 0 Å². The summed E-state index contributed by atoms with van der Waals surface area (Å²) in [5, 5.41) is 13.3. The highest BCUT2D eigenvalue weighted by atomic mass is 32.1. The van der Waals surface area contributed by atoms with Gasteiger partial charge in [-0.1, -0.05) is 50.3 Å². The van der Waals surface area contributed by atoms with E-state index >= 15 is 0 Å². The normalized spacial score (nSPS) is 12.1. The molecule has 5 heteroatoms. The average molecular weight is 305 g/mol. The Morgan fingerprint density at radius 1 is 1.24 bits per heavy atom. The van der Waals surface area contributed by atoms with E-state index in [2.05, 4.69) is 48.4 Å². The minimum atomic E-state index is 0.471. The molecule has 1 aromatic carbocycles. The molecule has 1 unspecified atom stereocenters.